The molecule has 0 radical (unpaired) electrons. The SMILES string of the molecule is CN(C)C(=NC#N)N1CCc2ccc(NC(=O)c3sccc3[AsH]Cc3ccnc4ccccc34)cc21. The second kappa shape index (κ2) is 10.5. The number of nitrogens with one attached hydrogen (secondary N) is 1. The van der Waals surface area contributed by atoms with E-state index < -0.39 is 15.8 Å². The number of fused-ring (bicyclic) bond motifs is 2. The number of amides is 1. The minimum absolute atomic E-state index is 0.0774. The number of hydrogen-bond acceptors (Lipinski definition) is 5. The second-order valence-electron chi connectivity index (χ2n) is 8.61. The predicted octanol–water partition coefficient (Wildman–Crippen LogP) is 3.57. The van der Waals surface area contributed by atoms with Crippen LogP contribution < -0.4 is 14.6 Å². The fourth-order valence-corrected chi connectivity index (χ4v) is 8.56. The Labute approximate surface area is 220 Å². The van der Waals surface area contributed by atoms with Crippen LogP contribution in [0.4, 0.5) is 11.4 Å². The number of rotatable bonds is 5. The summed E-state index contributed by atoms with van der Waals surface area (Å²) in [5, 5.41) is 16.4. The van der Waals surface area contributed by atoms with Gasteiger partial charge in [0.2, 0.25) is 0 Å². The van der Waals surface area contributed by atoms with E-state index in [4.69, 9.17) is 5.26 Å². The van der Waals surface area contributed by atoms with Crippen LogP contribution in [0.15, 0.2) is 71.2 Å². The molecule has 1 atom stereocenters. The zero-order chi connectivity index (χ0) is 25.1. The van der Waals surface area contributed by atoms with Crippen LogP contribution in [0.25, 0.3) is 10.9 Å². The Kier molecular flexibility index (Phi) is 7.03. The first-order valence-electron chi connectivity index (χ1n) is 11.5. The van der Waals surface area contributed by atoms with Crippen molar-refractivity contribution in [1.82, 2.24) is 9.88 Å². The summed E-state index contributed by atoms with van der Waals surface area (Å²) in [6.45, 7) is 0.745. The molecule has 5 rings (SSSR count). The molecule has 4 aromatic rings. The van der Waals surface area contributed by atoms with Crippen LogP contribution >= 0.6 is 11.3 Å². The third-order valence-electron chi connectivity index (χ3n) is 6.11. The van der Waals surface area contributed by atoms with E-state index in [1.807, 2.05) is 78.1 Å². The number of aromatic nitrogens is 1. The monoisotopic (exact) mass is 556 g/mol. The Hall–Kier alpha value is -3.66. The molecule has 0 spiro atoms. The molecule has 0 bridgehead atoms. The van der Waals surface area contributed by atoms with Crippen molar-refractivity contribution in [2.24, 2.45) is 4.99 Å². The van der Waals surface area contributed by atoms with Gasteiger partial charge in [0.05, 0.1) is 0 Å². The molecular formula is C27H25AsN6OS. The Balaban J connectivity index is 1.33. The Morgan fingerprint density at radius 2 is 2.11 bits per heavy atom. The Morgan fingerprint density at radius 3 is 2.94 bits per heavy atom. The summed E-state index contributed by atoms with van der Waals surface area (Å²) in [5.74, 6) is 0.515. The van der Waals surface area contributed by atoms with Gasteiger partial charge in [-0.15, -0.1) is 0 Å². The number of pyridine rings is 1. The standard InChI is InChI=1S/C27H25AsN6OS/c1-33(2)27(31-17-29)34-13-10-18-7-8-20(15-24(18)34)32-26(35)25-22(11-14-36-25)28-16-19-9-12-30-23-6-4-3-5-21(19)23/h3-9,11-12,14-15,28H,10,13,16H2,1-2H3,(H,32,35). The van der Waals surface area contributed by atoms with E-state index in [-0.39, 0.29) is 5.91 Å². The van der Waals surface area contributed by atoms with Crippen LogP contribution in [0.1, 0.15) is 20.8 Å². The number of hydrogen-bond donors (Lipinski definition) is 1. The number of benzene rings is 2. The Morgan fingerprint density at radius 1 is 1.25 bits per heavy atom. The van der Waals surface area contributed by atoms with E-state index in [9.17, 15) is 4.79 Å². The van der Waals surface area contributed by atoms with Crippen molar-refractivity contribution in [3.05, 3.63) is 82.2 Å². The van der Waals surface area contributed by atoms with Gasteiger partial charge in [-0.25, -0.2) is 0 Å². The normalized spacial score (nSPS) is 13.2. The van der Waals surface area contributed by atoms with Crippen molar-refractivity contribution in [2.45, 2.75) is 11.6 Å². The average molecular weight is 557 g/mol. The van der Waals surface area contributed by atoms with Gasteiger partial charge in [-0.3, -0.25) is 0 Å². The zero-order valence-electron chi connectivity index (χ0n) is 20.0. The molecule has 1 aliphatic heterocycles. The molecule has 36 heavy (non-hydrogen) atoms. The summed E-state index contributed by atoms with van der Waals surface area (Å²) >= 11 is 0.941. The number of carbonyl (C=O) groups is 1. The van der Waals surface area contributed by atoms with Gasteiger partial charge in [-0.2, -0.15) is 0 Å². The molecule has 0 saturated carbocycles. The Bertz CT molecular complexity index is 1500. The average Bonchev–Trinajstić information content (AvgIpc) is 3.53. The number of anilines is 2. The predicted molar refractivity (Wildman–Crippen MR) is 149 cm³/mol. The first-order chi connectivity index (χ1) is 17.5. The summed E-state index contributed by atoms with van der Waals surface area (Å²) in [6.07, 6.45) is 4.63. The van der Waals surface area contributed by atoms with Gasteiger partial charge in [-0.1, -0.05) is 0 Å². The van der Waals surface area contributed by atoms with Crippen molar-refractivity contribution in [3.8, 4) is 6.19 Å². The molecule has 2 aromatic carbocycles. The van der Waals surface area contributed by atoms with Crippen LogP contribution in [-0.2, 0) is 11.6 Å². The summed E-state index contributed by atoms with van der Waals surface area (Å²) in [7, 11) is 3.74. The quantitative estimate of drug-likeness (QED) is 0.176. The molecule has 7 nitrogen and oxygen atoms in total. The number of guanidine groups is 1. The summed E-state index contributed by atoms with van der Waals surface area (Å²) < 4.78 is 1.16. The third kappa shape index (κ3) is 4.86. The molecule has 0 aliphatic carbocycles. The maximum atomic E-state index is 13.3. The second-order valence-corrected chi connectivity index (χ2v) is 12.1. The molecule has 1 amide bonds. The van der Waals surface area contributed by atoms with Gasteiger partial charge < -0.3 is 0 Å². The summed E-state index contributed by atoms with van der Waals surface area (Å²) in [4.78, 5) is 26.4. The van der Waals surface area contributed by atoms with E-state index in [0.29, 0.717) is 5.96 Å². The molecule has 1 aliphatic rings. The van der Waals surface area contributed by atoms with E-state index in [2.05, 4.69) is 33.5 Å². The third-order valence-corrected chi connectivity index (χ3v) is 10.2. The topological polar surface area (TPSA) is 84.6 Å². The maximum absolute atomic E-state index is 13.3. The number of para-hydroxylation sites is 1. The number of carbonyl (C=O) groups excluding carboxylic acids is 1. The number of nitrogens with zero attached hydrogens (tertiary/aromatic N) is 5. The first kappa shape index (κ1) is 24.1. The van der Waals surface area contributed by atoms with Gasteiger partial charge in [0, 0.05) is 0 Å². The van der Waals surface area contributed by atoms with Crippen molar-refractivity contribution < 1.29 is 4.79 Å². The molecule has 2 aromatic heterocycles. The molecule has 3 heterocycles. The number of aliphatic imine (C=N–C) groups is 1. The van der Waals surface area contributed by atoms with Crippen molar-refractivity contribution in [2.75, 3.05) is 30.9 Å². The van der Waals surface area contributed by atoms with Gasteiger partial charge >= 0.3 is 221 Å². The van der Waals surface area contributed by atoms with E-state index in [1.54, 1.807) is 0 Å². The van der Waals surface area contributed by atoms with Gasteiger partial charge in [0.15, 0.2) is 0 Å². The van der Waals surface area contributed by atoms with E-state index in [0.717, 1.165) is 44.3 Å². The molecule has 0 saturated heterocycles. The van der Waals surface area contributed by atoms with Crippen molar-refractivity contribution >= 4 is 65.6 Å². The van der Waals surface area contributed by atoms with Crippen LogP contribution in [0.5, 0.6) is 0 Å². The fraction of sp³-hybridized carbons (Fsp3) is 0.185. The van der Waals surface area contributed by atoms with Crippen LogP contribution in [0, 0.1) is 11.5 Å². The number of nitriles is 1. The zero-order valence-corrected chi connectivity index (χ0v) is 22.9. The molecular weight excluding hydrogens is 531 g/mol. The van der Waals surface area contributed by atoms with Crippen LogP contribution in [0.2, 0.25) is 0 Å². The molecule has 1 N–H and O–H groups in total. The van der Waals surface area contributed by atoms with Crippen molar-refractivity contribution in [3.63, 3.8) is 0 Å². The first-order valence-corrected chi connectivity index (χ1v) is 15.0. The van der Waals surface area contributed by atoms with E-state index in [1.165, 1.54) is 27.8 Å². The van der Waals surface area contributed by atoms with E-state index >= 15 is 0 Å². The molecule has 1 unspecified atom stereocenters. The summed E-state index contributed by atoms with van der Waals surface area (Å²) in [6, 6.07) is 18.4. The van der Waals surface area contributed by atoms with Gasteiger partial charge in [0.25, 0.3) is 0 Å². The van der Waals surface area contributed by atoms with Gasteiger partial charge in [-0.05, 0) is 0 Å². The summed E-state index contributed by atoms with van der Waals surface area (Å²) in [5.41, 5.74) is 5.18. The van der Waals surface area contributed by atoms with Crippen LogP contribution in [-0.4, -0.2) is 58.1 Å². The van der Waals surface area contributed by atoms with Crippen molar-refractivity contribution in [1.29, 1.82) is 5.26 Å². The molecule has 9 heteroatoms. The number of thiophene rings is 1. The van der Waals surface area contributed by atoms with Crippen LogP contribution in [0.3, 0.4) is 0 Å². The fourth-order valence-electron chi connectivity index (χ4n) is 4.42. The molecule has 0 fully saturated rings. The molecule has 180 valence electrons. The minimum atomic E-state index is -0.551. The van der Waals surface area contributed by atoms with Gasteiger partial charge in [0.1, 0.15) is 0 Å².